The van der Waals surface area contributed by atoms with E-state index in [1.807, 2.05) is 13.8 Å². The second-order valence-corrected chi connectivity index (χ2v) is 4.46. The average molecular weight is 214 g/mol. The number of nitrogens with one attached hydrogen (secondary N) is 2. The van der Waals surface area contributed by atoms with Crippen LogP contribution in [-0.2, 0) is 4.79 Å². The van der Waals surface area contributed by atoms with Crippen LogP contribution in [0.1, 0.15) is 33.1 Å². The van der Waals surface area contributed by atoms with E-state index in [-0.39, 0.29) is 24.0 Å². The van der Waals surface area contributed by atoms with E-state index in [0.29, 0.717) is 6.54 Å². The van der Waals surface area contributed by atoms with Gasteiger partial charge in [-0.25, -0.2) is 0 Å². The molecule has 4 heteroatoms. The molecule has 1 amide bonds. The van der Waals surface area contributed by atoms with Crippen LogP contribution < -0.4 is 10.6 Å². The van der Waals surface area contributed by atoms with Crippen molar-refractivity contribution in [2.45, 2.75) is 38.6 Å². The molecule has 2 atom stereocenters. The number of rotatable bonds is 5. The van der Waals surface area contributed by atoms with Crippen LogP contribution >= 0.6 is 0 Å². The van der Waals surface area contributed by atoms with Crippen LogP contribution in [0, 0.1) is 5.92 Å². The molecule has 15 heavy (non-hydrogen) atoms. The summed E-state index contributed by atoms with van der Waals surface area (Å²) in [7, 11) is 0. The van der Waals surface area contributed by atoms with E-state index < -0.39 is 0 Å². The fraction of sp³-hybridized carbons (Fsp3) is 0.909. The van der Waals surface area contributed by atoms with E-state index in [9.17, 15) is 4.79 Å². The van der Waals surface area contributed by atoms with Crippen molar-refractivity contribution < 1.29 is 9.90 Å². The molecule has 1 rings (SSSR count). The highest BCUT2D eigenvalue weighted by Crippen LogP contribution is 2.22. The summed E-state index contributed by atoms with van der Waals surface area (Å²) in [4.78, 5) is 12.0. The summed E-state index contributed by atoms with van der Waals surface area (Å²) < 4.78 is 0. The minimum absolute atomic E-state index is 0.0859. The fourth-order valence-electron chi connectivity index (χ4n) is 1.96. The molecule has 0 aromatic carbocycles. The molecule has 1 fully saturated rings. The normalized spacial score (nSPS) is 27.7. The van der Waals surface area contributed by atoms with Crippen molar-refractivity contribution >= 4 is 5.91 Å². The SMILES string of the molecule is CCC1(C(=O)NCC(C)CO)CCCN1. The quantitative estimate of drug-likeness (QED) is 0.615. The molecule has 0 aliphatic carbocycles. The predicted octanol–water partition coefficient (Wildman–Crippen LogP) is 0.263. The third-order valence-corrected chi connectivity index (χ3v) is 3.20. The van der Waals surface area contributed by atoms with Gasteiger partial charge in [-0.3, -0.25) is 4.79 Å². The van der Waals surface area contributed by atoms with Gasteiger partial charge < -0.3 is 15.7 Å². The highest BCUT2D eigenvalue weighted by atomic mass is 16.3. The lowest BCUT2D eigenvalue weighted by Crippen LogP contribution is -2.53. The van der Waals surface area contributed by atoms with Crippen LogP contribution in [0.25, 0.3) is 0 Å². The maximum absolute atomic E-state index is 12.0. The van der Waals surface area contributed by atoms with Crippen LogP contribution in [-0.4, -0.2) is 36.2 Å². The van der Waals surface area contributed by atoms with Gasteiger partial charge in [0.15, 0.2) is 0 Å². The lowest BCUT2D eigenvalue weighted by molar-refractivity contribution is -0.127. The zero-order valence-corrected chi connectivity index (χ0v) is 9.68. The fourth-order valence-corrected chi connectivity index (χ4v) is 1.96. The molecule has 0 spiro atoms. The second-order valence-electron chi connectivity index (χ2n) is 4.46. The van der Waals surface area contributed by atoms with E-state index in [1.165, 1.54) is 0 Å². The Hall–Kier alpha value is -0.610. The molecular formula is C11H22N2O2. The second kappa shape index (κ2) is 5.47. The van der Waals surface area contributed by atoms with Crippen molar-refractivity contribution in [3.05, 3.63) is 0 Å². The Bertz CT molecular complexity index is 213. The first kappa shape index (κ1) is 12.5. The van der Waals surface area contributed by atoms with Gasteiger partial charge in [0, 0.05) is 13.2 Å². The molecule has 2 unspecified atom stereocenters. The Morgan fingerprint density at radius 1 is 1.67 bits per heavy atom. The predicted molar refractivity (Wildman–Crippen MR) is 59.5 cm³/mol. The first-order valence-corrected chi connectivity index (χ1v) is 5.79. The van der Waals surface area contributed by atoms with Gasteiger partial charge >= 0.3 is 0 Å². The number of aliphatic hydroxyl groups is 1. The Kier molecular flexibility index (Phi) is 4.54. The molecule has 1 aliphatic heterocycles. The molecule has 0 aromatic rings. The van der Waals surface area contributed by atoms with E-state index in [1.54, 1.807) is 0 Å². The number of amides is 1. The minimum atomic E-state index is -0.352. The summed E-state index contributed by atoms with van der Waals surface area (Å²) in [6.45, 7) is 5.55. The molecule has 88 valence electrons. The van der Waals surface area contributed by atoms with Crippen LogP contribution in [0.5, 0.6) is 0 Å². The zero-order chi connectivity index (χ0) is 11.3. The molecule has 4 nitrogen and oxygen atoms in total. The van der Waals surface area contributed by atoms with Crippen molar-refractivity contribution in [2.24, 2.45) is 5.92 Å². The van der Waals surface area contributed by atoms with E-state index in [0.717, 1.165) is 25.8 Å². The number of hydrogen-bond donors (Lipinski definition) is 3. The highest BCUT2D eigenvalue weighted by Gasteiger charge is 2.38. The number of carbonyl (C=O) groups is 1. The molecule has 0 bridgehead atoms. The van der Waals surface area contributed by atoms with Crippen molar-refractivity contribution in [1.82, 2.24) is 10.6 Å². The smallest absolute Gasteiger partial charge is 0.240 e. The van der Waals surface area contributed by atoms with Gasteiger partial charge in [-0.15, -0.1) is 0 Å². The molecular weight excluding hydrogens is 192 g/mol. The number of aliphatic hydroxyl groups excluding tert-OH is 1. The van der Waals surface area contributed by atoms with E-state index in [2.05, 4.69) is 10.6 Å². The molecule has 0 saturated carbocycles. The van der Waals surface area contributed by atoms with Gasteiger partial charge in [0.1, 0.15) is 0 Å². The Labute approximate surface area is 91.4 Å². The van der Waals surface area contributed by atoms with Crippen LogP contribution in [0.3, 0.4) is 0 Å². The van der Waals surface area contributed by atoms with E-state index in [4.69, 9.17) is 5.11 Å². The van der Waals surface area contributed by atoms with Crippen LogP contribution in [0.15, 0.2) is 0 Å². The average Bonchev–Trinajstić information content (AvgIpc) is 2.75. The summed E-state index contributed by atoms with van der Waals surface area (Å²) >= 11 is 0. The number of carbonyl (C=O) groups excluding carboxylic acids is 1. The summed E-state index contributed by atoms with van der Waals surface area (Å²) in [5, 5.41) is 15.1. The van der Waals surface area contributed by atoms with Gasteiger partial charge in [0.05, 0.1) is 5.54 Å². The van der Waals surface area contributed by atoms with Gasteiger partial charge in [-0.05, 0) is 31.7 Å². The van der Waals surface area contributed by atoms with E-state index >= 15 is 0 Å². The van der Waals surface area contributed by atoms with Crippen molar-refractivity contribution in [1.29, 1.82) is 0 Å². The monoisotopic (exact) mass is 214 g/mol. The summed E-state index contributed by atoms with van der Waals surface area (Å²) in [6.07, 6.45) is 2.81. The molecule has 0 radical (unpaired) electrons. The van der Waals surface area contributed by atoms with Gasteiger partial charge in [0.2, 0.25) is 5.91 Å². The lowest BCUT2D eigenvalue weighted by Gasteiger charge is -2.27. The Morgan fingerprint density at radius 2 is 2.40 bits per heavy atom. The van der Waals surface area contributed by atoms with Gasteiger partial charge in [0.25, 0.3) is 0 Å². The molecule has 1 heterocycles. The minimum Gasteiger partial charge on any atom is -0.396 e. The first-order chi connectivity index (χ1) is 7.14. The Morgan fingerprint density at radius 3 is 2.87 bits per heavy atom. The molecule has 1 saturated heterocycles. The highest BCUT2D eigenvalue weighted by molar-refractivity contribution is 5.86. The Balaban J connectivity index is 2.44. The summed E-state index contributed by atoms with van der Waals surface area (Å²) in [5.41, 5.74) is -0.352. The van der Waals surface area contributed by atoms with Crippen molar-refractivity contribution in [3.8, 4) is 0 Å². The maximum Gasteiger partial charge on any atom is 0.240 e. The number of hydrogen-bond acceptors (Lipinski definition) is 3. The zero-order valence-electron chi connectivity index (χ0n) is 9.68. The largest absolute Gasteiger partial charge is 0.396 e. The third kappa shape index (κ3) is 2.92. The standard InChI is InChI=1S/C11H22N2O2/c1-3-11(5-4-6-13-11)10(15)12-7-9(2)8-14/h9,13-14H,3-8H2,1-2H3,(H,12,15). The molecule has 1 aliphatic rings. The van der Waals surface area contributed by atoms with Crippen LogP contribution in [0.2, 0.25) is 0 Å². The van der Waals surface area contributed by atoms with Gasteiger partial charge in [-0.1, -0.05) is 13.8 Å². The maximum atomic E-state index is 12.0. The molecule has 0 aromatic heterocycles. The molecule has 3 N–H and O–H groups in total. The van der Waals surface area contributed by atoms with Crippen molar-refractivity contribution in [3.63, 3.8) is 0 Å². The topological polar surface area (TPSA) is 61.4 Å². The summed E-state index contributed by atoms with van der Waals surface area (Å²) in [5.74, 6) is 0.215. The van der Waals surface area contributed by atoms with Gasteiger partial charge in [-0.2, -0.15) is 0 Å². The lowest BCUT2D eigenvalue weighted by atomic mass is 9.93. The first-order valence-electron chi connectivity index (χ1n) is 5.79. The van der Waals surface area contributed by atoms with Crippen molar-refractivity contribution in [2.75, 3.05) is 19.7 Å². The summed E-state index contributed by atoms with van der Waals surface area (Å²) in [6, 6.07) is 0. The van der Waals surface area contributed by atoms with Crippen LogP contribution in [0.4, 0.5) is 0 Å². The third-order valence-electron chi connectivity index (χ3n) is 3.20.